The number of carbonyl (C=O) groups is 1. The highest BCUT2D eigenvalue weighted by atomic mass is 16.5. The van der Waals surface area contributed by atoms with Crippen molar-refractivity contribution < 1.29 is 14.3 Å². The van der Waals surface area contributed by atoms with E-state index in [2.05, 4.69) is 0 Å². The number of rotatable bonds is 2. The van der Waals surface area contributed by atoms with Crippen LogP contribution in [0.2, 0.25) is 0 Å². The van der Waals surface area contributed by atoms with Gasteiger partial charge in [-0.05, 0) is 24.6 Å². The Morgan fingerprint density at radius 1 is 1.44 bits per heavy atom. The van der Waals surface area contributed by atoms with Crippen molar-refractivity contribution in [3.05, 3.63) is 23.8 Å². The SMILES string of the molecule is COc1cc(C)ccc1N1CCOCC1=O. The Labute approximate surface area is 94.8 Å². The molecule has 16 heavy (non-hydrogen) atoms. The molecule has 4 nitrogen and oxygen atoms in total. The van der Waals surface area contributed by atoms with Crippen molar-refractivity contribution in [3.8, 4) is 5.75 Å². The Morgan fingerprint density at radius 3 is 2.94 bits per heavy atom. The fourth-order valence-corrected chi connectivity index (χ4v) is 1.78. The maximum atomic E-state index is 11.7. The number of hydrogen-bond acceptors (Lipinski definition) is 3. The van der Waals surface area contributed by atoms with Crippen molar-refractivity contribution in [3.63, 3.8) is 0 Å². The fourth-order valence-electron chi connectivity index (χ4n) is 1.78. The van der Waals surface area contributed by atoms with Crippen molar-refractivity contribution >= 4 is 11.6 Å². The molecule has 0 aliphatic carbocycles. The molecular formula is C12H15NO3. The molecule has 1 saturated heterocycles. The van der Waals surface area contributed by atoms with Gasteiger partial charge in [-0.25, -0.2) is 0 Å². The molecule has 1 aliphatic rings. The first-order valence-corrected chi connectivity index (χ1v) is 5.25. The van der Waals surface area contributed by atoms with Gasteiger partial charge in [0, 0.05) is 6.54 Å². The van der Waals surface area contributed by atoms with Gasteiger partial charge < -0.3 is 14.4 Å². The van der Waals surface area contributed by atoms with Gasteiger partial charge in [-0.15, -0.1) is 0 Å². The Hall–Kier alpha value is -1.55. The summed E-state index contributed by atoms with van der Waals surface area (Å²) in [7, 11) is 1.61. The van der Waals surface area contributed by atoms with Gasteiger partial charge in [0.1, 0.15) is 12.4 Å². The van der Waals surface area contributed by atoms with Gasteiger partial charge in [-0.3, -0.25) is 4.79 Å². The summed E-state index contributed by atoms with van der Waals surface area (Å²) in [5.41, 5.74) is 1.93. The quantitative estimate of drug-likeness (QED) is 0.757. The summed E-state index contributed by atoms with van der Waals surface area (Å²) in [4.78, 5) is 13.4. The normalized spacial score (nSPS) is 16.4. The number of anilines is 1. The highest BCUT2D eigenvalue weighted by molar-refractivity contribution is 5.96. The van der Waals surface area contributed by atoms with Crippen molar-refractivity contribution in [1.82, 2.24) is 0 Å². The molecule has 1 fully saturated rings. The molecule has 0 saturated carbocycles. The van der Waals surface area contributed by atoms with Crippen LogP contribution in [0.5, 0.6) is 5.75 Å². The first-order chi connectivity index (χ1) is 7.72. The lowest BCUT2D eigenvalue weighted by Crippen LogP contribution is -2.41. The molecule has 1 heterocycles. The van der Waals surface area contributed by atoms with Crippen LogP contribution in [0.3, 0.4) is 0 Å². The van der Waals surface area contributed by atoms with E-state index in [-0.39, 0.29) is 12.5 Å². The third-order valence-electron chi connectivity index (χ3n) is 2.61. The van der Waals surface area contributed by atoms with Gasteiger partial charge in [0.2, 0.25) is 0 Å². The summed E-state index contributed by atoms with van der Waals surface area (Å²) in [6.07, 6.45) is 0. The molecule has 0 N–H and O–H groups in total. The predicted octanol–water partition coefficient (Wildman–Crippen LogP) is 1.37. The number of morpholine rings is 1. The van der Waals surface area contributed by atoms with E-state index in [0.717, 1.165) is 17.0 Å². The summed E-state index contributed by atoms with van der Waals surface area (Å²) >= 11 is 0. The average molecular weight is 221 g/mol. The number of benzene rings is 1. The second kappa shape index (κ2) is 4.53. The van der Waals surface area contributed by atoms with E-state index in [1.165, 1.54) is 0 Å². The molecule has 86 valence electrons. The maximum Gasteiger partial charge on any atom is 0.253 e. The first-order valence-electron chi connectivity index (χ1n) is 5.25. The fraction of sp³-hybridized carbons (Fsp3) is 0.417. The van der Waals surface area contributed by atoms with Crippen LogP contribution < -0.4 is 9.64 Å². The molecule has 0 aromatic heterocycles. The predicted molar refractivity (Wildman–Crippen MR) is 60.9 cm³/mol. The lowest BCUT2D eigenvalue weighted by atomic mass is 10.2. The van der Waals surface area contributed by atoms with Crippen LogP contribution in [0.1, 0.15) is 5.56 Å². The van der Waals surface area contributed by atoms with Gasteiger partial charge >= 0.3 is 0 Å². The molecule has 1 aliphatic heterocycles. The van der Waals surface area contributed by atoms with Gasteiger partial charge in [0.25, 0.3) is 5.91 Å². The minimum absolute atomic E-state index is 0.0200. The number of aryl methyl sites for hydroxylation is 1. The van der Waals surface area contributed by atoms with Crippen LogP contribution in [0.15, 0.2) is 18.2 Å². The van der Waals surface area contributed by atoms with Crippen molar-refractivity contribution in [2.45, 2.75) is 6.92 Å². The standard InChI is InChI=1S/C12H15NO3/c1-9-3-4-10(11(7-9)15-2)13-5-6-16-8-12(13)14/h3-4,7H,5-6,8H2,1-2H3. The number of hydrogen-bond donors (Lipinski definition) is 0. The van der Waals surface area contributed by atoms with Crippen LogP contribution in [0, 0.1) is 6.92 Å². The van der Waals surface area contributed by atoms with Crippen molar-refractivity contribution in [2.75, 3.05) is 31.8 Å². The van der Waals surface area contributed by atoms with E-state index in [1.54, 1.807) is 12.0 Å². The molecule has 0 spiro atoms. The minimum Gasteiger partial charge on any atom is -0.495 e. The van der Waals surface area contributed by atoms with E-state index in [4.69, 9.17) is 9.47 Å². The van der Waals surface area contributed by atoms with Gasteiger partial charge in [-0.2, -0.15) is 0 Å². The Morgan fingerprint density at radius 2 is 2.25 bits per heavy atom. The topological polar surface area (TPSA) is 38.8 Å². The molecular weight excluding hydrogens is 206 g/mol. The number of nitrogens with zero attached hydrogens (tertiary/aromatic N) is 1. The first kappa shape index (κ1) is 11.0. The molecule has 0 radical (unpaired) electrons. The van der Waals surface area contributed by atoms with E-state index in [0.29, 0.717) is 13.2 Å². The third-order valence-corrected chi connectivity index (χ3v) is 2.61. The number of methoxy groups -OCH3 is 1. The van der Waals surface area contributed by atoms with Crippen LogP contribution in [0.25, 0.3) is 0 Å². The minimum atomic E-state index is -0.0200. The summed E-state index contributed by atoms with van der Waals surface area (Å²) in [5.74, 6) is 0.712. The molecule has 0 bridgehead atoms. The Bertz CT molecular complexity index is 403. The highest BCUT2D eigenvalue weighted by Crippen LogP contribution is 2.29. The van der Waals surface area contributed by atoms with Gasteiger partial charge in [0.15, 0.2) is 0 Å². The highest BCUT2D eigenvalue weighted by Gasteiger charge is 2.22. The molecule has 1 amide bonds. The third kappa shape index (κ3) is 2.02. The number of carbonyl (C=O) groups excluding carboxylic acids is 1. The molecule has 0 unspecified atom stereocenters. The average Bonchev–Trinajstić information content (AvgIpc) is 2.30. The molecule has 1 aromatic rings. The lowest BCUT2D eigenvalue weighted by molar-refractivity contribution is -0.125. The van der Waals surface area contributed by atoms with Crippen molar-refractivity contribution in [1.29, 1.82) is 0 Å². The summed E-state index contributed by atoms with van der Waals surface area (Å²) < 4.78 is 10.4. The summed E-state index contributed by atoms with van der Waals surface area (Å²) in [5, 5.41) is 0. The monoisotopic (exact) mass is 221 g/mol. The second-order valence-corrected chi connectivity index (χ2v) is 3.77. The van der Waals surface area contributed by atoms with E-state index >= 15 is 0 Å². The second-order valence-electron chi connectivity index (χ2n) is 3.77. The zero-order valence-electron chi connectivity index (χ0n) is 9.53. The lowest BCUT2D eigenvalue weighted by Gasteiger charge is -2.28. The van der Waals surface area contributed by atoms with Crippen LogP contribution >= 0.6 is 0 Å². The summed E-state index contributed by atoms with van der Waals surface area (Å²) in [6.45, 7) is 3.30. The van der Waals surface area contributed by atoms with Gasteiger partial charge in [0.05, 0.1) is 19.4 Å². The molecule has 0 atom stereocenters. The van der Waals surface area contributed by atoms with E-state index < -0.39 is 0 Å². The molecule has 1 aromatic carbocycles. The van der Waals surface area contributed by atoms with E-state index in [9.17, 15) is 4.79 Å². The smallest absolute Gasteiger partial charge is 0.253 e. The maximum absolute atomic E-state index is 11.7. The largest absolute Gasteiger partial charge is 0.495 e. The molecule has 4 heteroatoms. The van der Waals surface area contributed by atoms with Crippen LogP contribution in [-0.4, -0.2) is 32.8 Å². The van der Waals surface area contributed by atoms with Crippen molar-refractivity contribution in [2.24, 2.45) is 0 Å². The van der Waals surface area contributed by atoms with Gasteiger partial charge in [-0.1, -0.05) is 6.07 Å². The zero-order chi connectivity index (χ0) is 11.5. The Kier molecular flexibility index (Phi) is 3.10. The summed E-state index contributed by atoms with van der Waals surface area (Å²) in [6, 6.07) is 5.82. The van der Waals surface area contributed by atoms with Crippen LogP contribution in [0.4, 0.5) is 5.69 Å². The zero-order valence-corrected chi connectivity index (χ0v) is 9.53. The Balaban J connectivity index is 2.34. The molecule has 2 rings (SSSR count). The number of amides is 1. The number of ether oxygens (including phenoxy) is 2. The van der Waals surface area contributed by atoms with Crippen LogP contribution in [-0.2, 0) is 9.53 Å². The van der Waals surface area contributed by atoms with E-state index in [1.807, 2.05) is 25.1 Å².